The highest BCUT2D eigenvalue weighted by atomic mass is 32.2. The summed E-state index contributed by atoms with van der Waals surface area (Å²) in [4.78, 5) is 10.5. The van der Waals surface area contributed by atoms with Gasteiger partial charge in [0, 0.05) is 19.3 Å². The van der Waals surface area contributed by atoms with Crippen LogP contribution in [0.1, 0.15) is 6.42 Å². The molecule has 2 aromatic rings. The van der Waals surface area contributed by atoms with E-state index in [1.54, 1.807) is 21.8 Å². The van der Waals surface area contributed by atoms with Crippen LogP contribution in [0.25, 0.3) is 0 Å². The van der Waals surface area contributed by atoms with Crippen molar-refractivity contribution < 1.29 is 9.90 Å². The highest BCUT2D eigenvalue weighted by Gasteiger charge is 2.08. The number of aryl methyl sites for hydroxylation is 2. The maximum atomic E-state index is 10.5. The Labute approximate surface area is 106 Å². The molecule has 0 aromatic carbocycles. The molecule has 0 bridgehead atoms. The zero-order valence-electron chi connectivity index (χ0n) is 9.38. The minimum atomic E-state index is -0.892. The van der Waals surface area contributed by atoms with E-state index in [4.69, 9.17) is 5.11 Å². The quantitative estimate of drug-likeness (QED) is 0.671. The lowest BCUT2D eigenvalue weighted by Gasteiger charge is -2.03. The van der Waals surface area contributed by atoms with Crippen molar-refractivity contribution in [3.8, 4) is 0 Å². The average Bonchev–Trinajstić information content (AvgIpc) is 2.97. The van der Waals surface area contributed by atoms with E-state index < -0.39 is 5.97 Å². The number of carboxylic acids is 1. The fraction of sp³-hybridized carbons (Fsp3) is 0.500. The van der Waals surface area contributed by atoms with E-state index in [0.29, 0.717) is 18.2 Å². The molecule has 9 nitrogen and oxygen atoms in total. The molecule has 2 heterocycles. The monoisotopic (exact) mass is 269 g/mol. The van der Waals surface area contributed by atoms with Crippen LogP contribution in [0, 0.1) is 0 Å². The van der Waals surface area contributed by atoms with Crippen LogP contribution in [0.5, 0.6) is 0 Å². The fourth-order valence-electron chi connectivity index (χ4n) is 1.30. The zero-order chi connectivity index (χ0) is 12.8. The van der Waals surface area contributed by atoms with Gasteiger partial charge in [0.15, 0.2) is 0 Å². The predicted octanol–water partition coefficient (Wildman–Crippen LogP) is -0.468. The molecule has 0 amide bonds. The third kappa shape index (κ3) is 3.52. The Balaban J connectivity index is 1.82. The molecule has 0 atom stereocenters. The van der Waals surface area contributed by atoms with Crippen LogP contribution in [-0.2, 0) is 17.9 Å². The van der Waals surface area contributed by atoms with Gasteiger partial charge in [-0.15, -0.1) is 10.2 Å². The molecule has 1 N–H and O–H groups in total. The van der Waals surface area contributed by atoms with Gasteiger partial charge in [-0.3, -0.25) is 9.48 Å². The SMILES string of the molecule is O=C(O)CSc1nnnn1CCCn1ccnn1. The van der Waals surface area contributed by atoms with Crippen LogP contribution in [0.2, 0.25) is 0 Å². The van der Waals surface area contributed by atoms with Crippen molar-refractivity contribution in [1.29, 1.82) is 0 Å². The van der Waals surface area contributed by atoms with E-state index in [9.17, 15) is 4.79 Å². The highest BCUT2D eigenvalue weighted by Crippen LogP contribution is 2.13. The zero-order valence-corrected chi connectivity index (χ0v) is 10.2. The van der Waals surface area contributed by atoms with Gasteiger partial charge in [0.05, 0.1) is 11.9 Å². The summed E-state index contributed by atoms with van der Waals surface area (Å²) in [6.45, 7) is 1.32. The van der Waals surface area contributed by atoms with Gasteiger partial charge >= 0.3 is 5.97 Å². The van der Waals surface area contributed by atoms with Crippen molar-refractivity contribution in [2.45, 2.75) is 24.7 Å². The number of carbonyl (C=O) groups is 1. The Morgan fingerprint density at radius 2 is 2.28 bits per heavy atom. The molecule has 2 rings (SSSR count). The number of aliphatic carboxylic acids is 1. The summed E-state index contributed by atoms with van der Waals surface area (Å²) in [6.07, 6.45) is 4.18. The second-order valence-electron chi connectivity index (χ2n) is 3.39. The van der Waals surface area contributed by atoms with E-state index >= 15 is 0 Å². The first-order valence-corrected chi connectivity index (χ1v) is 6.19. The standard InChI is InChI=1S/C8H11N7O2S/c16-7(17)6-18-8-10-11-13-15(8)4-1-3-14-5-2-9-12-14/h2,5H,1,3-4,6H2,(H,16,17). The van der Waals surface area contributed by atoms with Crippen molar-refractivity contribution in [2.24, 2.45) is 0 Å². The molecule has 0 saturated heterocycles. The topological polar surface area (TPSA) is 112 Å². The lowest BCUT2D eigenvalue weighted by molar-refractivity contribution is -0.133. The average molecular weight is 269 g/mol. The maximum absolute atomic E-state index is 10.5. The van der Waals surface area contributed by atoms with Crippen LogP contribution in [-0.4, -0.2) is 52.0 Å². The summed E-state index contributed by atoms with van der Waals surface area (Å²) in [5, 5.41) is 27.7. The first kappa shape index (κ1) is 12.5. The second-order valence-corrected chi connectivity index (χ2v) is 4.33. The Kier molecular flexibility index (Phi) is 4.23. The summed E-state index contributed by atoms with van der Waals surface area (Å²) in [5.41, 5.74) is 0. The Morgan fingerprint density at radius 1 is 1.39 bits per heavy atom. The number of thioether (sulfide) groups is 1. The van der Waals surface area contributed by atoms with E-state index in [1.807, 2.05) is 0 Å². The molecule has 0 spiro atoms. The second kappa shape index (κ2) is 6.10. The van der Waals surface area contributed by atoms with E-state index in [-0.39, 0.29) is 5.75 Å². The molecule has 0 aliphatic rings. The van der Waals surface area contributed by atoms with Crippen molar-refractivity contribution in [3.63, 3.8) is 0 Å². The van der Waals surface area contributed by atoms with Crippen LogP contribution >= 0.6 is 11.8 Å². The summed E-state index contributed by atoms with van der Waals surface area (Å²) >= 11 is 1.10. The van der Waals surface area contributed by atoms with E-state index in [0.717, 1.165) is 18.2 Å². The number of hydrogen-bond acceptors (Lipinski definition) is 7. The molecule has 18 heavy (non-hydrogen) atoms. The van der Waals surface area contributed by atoms with Gasteiger partial charge in [-0.1, -0.05) is 17.0 Å². The largest absolute Gasteiger partial charge is 0.481 e. The molecule has 0 aliphatic carbocycles. The van der Waals surface area contributed by atoms with Gasteiger partial charge in [-0.25, -0.2) is 4.68 Å². The van der Waals surface area contributed by atoms with Crippen molar-refractivity contribution in [2.75, 3.05) is 5.75 Å². The predicted molar refractivity (Wildman–Crippen MR) is 60.8 cm³/mol. The minimum absolute atomic E-state index is 0.0521. The van der Waals surface area contributed by atoms with Crippen LogP contribution in [0.3, 0.4) is 0 Å². The molecule has 10 heteroatoms. The van der Waals surface area contributed by atoms with Crippen LogP contribution < -0.4 is 0 Å². The van der Waals surface area contributed by atoms with Gasteiger partial charge in [0.25, 0.3) is 0 Å². The Hall–Kier alpha value is -1.97. The third-order valence-corrected chi connectivity index (χ3v) is 2.99. The summed E-state index contributed by atoms with van der Waals surface area (Å²) in [5.74, 6) is -0.944. The minimum Gasteiger partial charge on any atom is -0.481 e. The number of nitrogens with zero attached hydrogens (tertiary/aromatic N) is 7. The molecule has 0 unspecified atom stereocenters. The molecule has 0 saturated carbocycles. The molecule has 2 aromatic heterocycles. The summed E-state index contributed by atoms with van der Waals surface area (Å²) in [6, 6.07) is 0. The normalized spacial score (nSPS) is 10.7. The first-order valence-electron chi connectivity index (χ1n) is 5.20. The van der Waals surface area contributed by atoms with Crippen molar-refractivity contribution in [3.05, 3.63) is 12.4 Å². The molecule has 0 fully saturated rings. The summed E-state index contributed by atoms with van der Waals surface area (Å²) < 4.78 is 3.30. The number of aromatic nitrogens is 7. The molecule has 0 radical (unpaired) electrons. The smallest absolute Gasteiger partial charge is 0.313 e. The van der Waals surface area contributed by atoms with Crippen LogP contribution in [0.4, 0.5) is 0 Å². The van der Waals surface area contributed by atoms with Gasteiger partial charge < -0.3 is 5.11 Å². The highest BCUT2D eigenvalue weighted by molar-refractivity contribution is 7.99. The Bertz CT molecular complexity index is 497. The lowest BCUT2D eigenvalue weighted by atomic mass is 10.4. The van der Waals surface area contributed by atoms with Crippen molar-refractivity contribution >= 4 is 17.7 Å². The summed E-state index contributed by atoms with van der Waals surface area (Å²) in [7, 11) is 0. The van der Waals surface area contributed by atoms with Gasteiger partial charge in [0.1, 0.15) is 0 Å². The third-order valence-electron chi connectivity index (χ3n) is 2.05. The maximum Gasteiger partial charge on any atom is 0.313 e. The molecular formula is C8H11N7O2S. The van der Waals surface area contributed by atoms with Gasteiger partial charge in [-0.2, -0.15) is 0 Å². The fourth-order valence-corrected chi connectivity index (χ4v) is 1.92. The molecular weight excluding hydrogens is 258 g/mol. The van der Waals surface area contributed by atoms with Crippen LogP contribution in [0.15, 0.2) is 17.6 Å². The van der Waals surface area contributed by atoms with Gasteiger partial charge in [-0.05, 0) is 16.8 Å². The number of carboxylic acid groups (broad SMARTS) is 1. The van der Waals surface area contributed by atoms with E-state index in [1.165, 1.54) is 0 Å². The van der Waals surface area contributed by atoms with E-state index in [2.05, 4.69) is 25.8 Å². The van der Waals surface area contributed by atoms with Crippen molar-refractivity contribution in [1.82, 2.24) is 35.2 Å². The van der Waals surface area contributed by atoms with Gasteiger partial charge in [0.2, 0.25) is 5.16 Å². The molecule has 96 valence electrons. The number of tetrazole rings is 1. The number of hydrogen-bond donors (Lipinski definition) is 1. The Morgan fingerprint density at radius 3 is 3.00 bits per heavy atom. The number of rotatable bonds is 7. The molecule has 0 aliphatic heterocycles. The first-order chi connectivity index (χ1) is 8.75. The lowest BCUT2D eigenvalue weighted by Crippen LogP contribution is -2.08.